The van der Waals surface area contributed by atoms with Crippen molar-refractivity contribution >= 4 is 11.3 Å². The number of hydrogen-bond donors (Lipinski definition) is 1. The van der Waals surface area contributed by atoms with Gasteiger partial charge >= 0.3 is 0 Å². The SMILES string of the molecule is C=CCN(CC=C)Cc1csc(CNC)n1. The van der Waals surface area contributed by atoms with Gasteiger partial charge in [-0.15, -0.1) is 24.5 Å². The summed E-state index contributed by atoms with van der Waals surface area (Å²) in [6.07, 6.45) is 3.81. The second kappa shape index (κ2) is 7.33. The topological polar surface area (TPSA) is 28.2 Å². The van der Waals surface area contributed by atoms with Crippen molar-refractivity contribution in [2.75, 3.05) is 20.1 Å². The van der Waals surface area contributed by atoms with E-state index in [1.165, 1.54) is 0 Å². The lowest BCUT2D eigenvalue weighted by atomic mass is 10.4. The first-order chi connectivity index (χ1) is 7.80. The first-order valence-corrected chi connectivity index (χ1v) is 6.20. The average molecular weight is 237 g/mol. The van der Waals surface area contributed by atoms with Crippen LogP contribution in [-0.4, -0.2) is 30.0 Å². The molecule has 0 unspecified atom stereocenters. The minimum absolute atomic E-state index is 0.841. The summed E-state index contributed by atoms with van der Waals surface area (Å²) >= 11 is 1.70. The molecule has 0 aliphatic rings. The molecule has 0 saturated carbocycles. The van der Waals surface area contributed by atoms with E-state index in [2.05, 4.69) is 33.7 Å². The third-order valence-corrected chi connectivity index (χ3v) is 2.99. The molecule has 0 aromatic carbocycles. The van der Waals surface area contributed by atoms with Crippen molar-refractivity contribution in [3.05, 3.63) is 41.4 Å². The summed E-state index contributed by atoms with van der Waals surface area (Å²) in [6.45, 7) is 10.9. The van der Waals surface area contributed by atoms with E-state index in [0.29, 0.717) is 0 Å². The monoisotopic (exact) mass is 237 g/mol. The zero-order valence-corrected chi connectivity index (χ0v) is 10.6. The molecule has 3 nitrogen and oxygen atoms in total. The van der Waals surface area contributed by atoms with Gasteiger partial charge in [-0.25, -0.2) is 4.98 Å². The van der Waals surface area contributed by atoms with Crippen LogP contribution >= 0.6 is 11.3 Å². The first kappa shape index (κ1) is 13.1. The Bertz CT molecular complexity index is 323. The molecule has 0 aliphatic heterocycles. The van der Waals surface area contributed by atoms with Crippen LogP contribution in [0, 0.1) is 0 Å². The van der Waals surface area contributed by atoms with E-state index in [1.54, 1.807) is 11.3 Å². The van der Waals surface area contributed by atoms with Crippen molar-refractivity contribution in [3.63, 3.8) is 0 Å². The van der Waals surface area contributed by atoms with Crippen LogP contribution in [-0.2, 0) is 13.1 Å². The van der Waals surface area contributed by atoms with Gasteiger partial charge in [-0.2, -0.15) is 0 Å². The van der Waals surface area contributed by atoms with E-state index in [0.717, 1.165) is 36.9 Å². The molecule has 1 rings (SSSR count). The van der Waals surface area contributed by atoms with Crippen molar-refractivity contribution in [1.82, 2.24) is 15.2 Å². The summed E-state index contributed by atoms with van der Waals surface area (Å²) in [5.74, 6) is 0. The highest BCUT2D eigenvalue weighted by Crippen LogP contribution is 2.11. The highest BCUT2D eigenvalue weighted by Gasteiger charge is 2.06. The van der Waals surface area contributed by atoms with Crippen molar-refractivity contribution in [2.24, 2.45) is 0 Å². The summed E-state index contributed by atoms with van der Waals surface area (Å²) in [5.41, 5.74) is 1.12. The highest BCUT2D eigenvalue weighted by molar-refractivity contribution is 7.09. The standard InChI is InChI=1S/C12H19N3S/c1-4-6-15(7-5-2)9-11-10-16-12(14-11)8-13-3/h4-5,10,13H,1-2,6-9H2,3H3. The van der Waals surface area contributed by atoms with E-state index in [-0.39, 0.29) is 0 Å². The Balaban J connectivity index is 2.54. The molecule has 88 valence electrons. The molecule has 1 heterocycles. The molecule has 0 atom stereocenters. The molecule has 1 N–H and O–H groups in total. The highest BCUT2D eigenvalue weighted by atomic mass is 32.1. The van der Waals surface area contributed by atoms with Gasteiger partial charge in [-0.05, 0) is 7.05 Å². The van der Waals surface area contributed by atoms with E-state index in [9.17, 15) is 0 Å². The summed E-state index contributed by atoms with van der Waals surface area (Å²) in [5, 5.41) is 6.35. The molecule has 0 saturated heterocycles. The predicted molar refractivity (Wildman–Crippen MR) is 70.5 cm³/mol. The molecule has 0 radical (unpaired) electrons. The van der Waals surface area contributed by atoms with Crippen molar-refractivity contribution < 1.29 is 0 Å². The lowest BCUT2D eigenvalue weighted by Gasteiger charge is -2.16. The van der Waals surface area contributed by atoms with E-state index in [1.807, 2.05) is 19.2 Å². The second-order valence-electron chi connectivity index (χ2n) is 3.53. The first-order valence-electron chi connectivity index (χ1n) is 5.32. The van der Waals surface area contributed by atoms with Crippen LogP contribution in [0.2, 0.25) is 0 Å². The summed E-state index contributed by atoms with van der Waals surface area (Å²) in [7, 11) is 1.93. The van der Waals surface area contributed by atoms with E-state index >= 15 is 0 Å². The Morgan fingerprint density at radius 1 is 1.44 bits per heavy atom. The van der Waals surface area contributed by atoms with Crippen LogP contribution in [0.5, 0.6) is 0 Å². The molecule has 1 aromatic rings. The minimum atomic E-state index is 0.841. The third-order valence-electron chi connectivity index (χ3n) is 2.09. The van der Waals surface area contributed by atoms with Gasteiger partial charge in [0.15, 0.2) is 0 Å². The Morgan fingerprint density at radius 2 is 2.12 bits per heavy atom. The zero-order chi connectivity index (χ0) is 11.8. The van der Waals surface area contributed by atoms with Gasteiger partial charge in [-0.1, -0.05) is 12.2 Å². The number of aromatic nitrogens is 1. The molecular formula is C12H19N3S. The largest absolute Gasteiger partial charge is 0.314 e. The van der Waals surface area contributed by atoms with Gasteiger partial charge in [0.2, 0.25) is 0 Å². The van der Waals surface area contributed by atoms with Gasteiger partial charge in [0, 0.05) is 31.6 Å². The molecule has 0 spiro atoms. The molecule has 0 fully saturated rings. The number of nitrogens with one attached hydrogen (secondary N) is 1. The minimum Gasteiger partial charge on any atom is -0.314 e. The third kappa shape index (κ3) is 4.26. The molecular weight excluding hydrogens is 218 g/mol. The van der Waals surface area contributed by atoms with Crippen LogP contribution < -0.4 is 5.32 Å². The Hall–Kier alpha value is -0.970. The lowest BCUT2D eigenvalue weighted by molar-refractivity contribution is 0.324. The molecule has 4 heteroatoms. The quantitative estimate of drug-likeness (QED) is 0.701. The average Bonchev–Trinajstić information content (AvgIpc) is 2.67. The Morgan fingerprint density at radius 3 is 2.69 bits per heavy atom. The van der Waals surface area contributed by atoms with E-state index < -0.39 is 0 Å². The van der Waals surface area contributed by atoms with Crippen molar-refractivity contribution in [1.29, 1.82) is 0 Å². The Kier molecular flexibility index (Phi) is 6.00. The fourth-order valence-electron chi connectivity index (χ4n) is 1.45. The van der Waals surface area contributed by atoms with Gasteiger partial charge in [-0.3, -0.25) is 4.90 Å². The fourth-order valence-corrected chi connectivity index (χ4v) is 2.25. The van der Waals surface area contributed by atoms with Crippen LogP contribution in [0.3, 0.4) is 0 Å². The second-order valence-corrected chi connectivity index (χ2v) is 4.48. The van der Waals surface area contributed by atoms with Gasteiger partial charge < -0.3 is 5.32 Å². The maximum Gasteiger partial charge on any atom is 0.107 e. The molecule has 0 aliphatic carbocycles. The molecule has 0 amide bonds. The van der Waals surface area contributed by atoms with Crippen LogP contribution in [0.15, 0.2) is 30.7 Å². The van der Waals surface area contributed by atoms with Gasteiger partial charge in [0.25, 0.3) is 0 Å². The Labute approximate surface area is 102 Å². The maximum absolute atomic E-state index is 4.55. The molecule has 0 bridgehead atoms. The smallest absolute Gasteiger partial charge is 0.107 e. The zero-order valence-electron chi connectivity index (χ0n) is 9.78. The fraction of sp³-hybridized carbons (Fsp3) is 0.417. The number of rotatable bonds is 8. The van der Waals surface area contributed by atoms with Crippen LogP contribution in [0.4, 0.5) is 0 Å². The number of nitrogens with zero attached hydrogens (tertiary/aromatic N) is 2. The molecule has 1 aromatic heterocycles. The lowest BCUT2D eigenvalue weighted by Crippen LogP contribution is -2.23. The van der Waals surface area contributed by atoms with Crippen molar-refractivity contribution in [2.45, 2.75) is 13.1 Å². The molecule has 16 heavy (non-hydrogen) atoms. The summed E-state index contributed by atoms with van der Waals surface area (Å²) in [6, 6.07) is 0. The normalized spacial score (nSPS) is 10.6. The van der Waals surface area contributed by atoms with Crippen LogP contribution in [0.25, 0.3) is 0 Å². The van der Waals surface area contributed by atoms with E-state index in [4.69, 9.17) is 0 Å². The van der Waals surface area contributed by atoms with Crippen LogP contribution in [0.1, 0.15) is 10.7 Å². The number of thiazole rings is 1. The summed E-state index contributed by atoms with van der Waals surface area (Å²) in [4.78, 5) is 6.80. The number of hydrogen-bond acceptors (Lipinski definition) is 4. The summed E-state index contributed by atoms with van der Waals surface area (Å²) < 4.78 is 0. The van der Waals surface area contributed by atoms with Gasteiger partial charge in [0.05, 0.1) is 5.69 Å². The maximum atomic E-state index is 4.55. The van der Waals surface area contributed by atoms with Gasteiger partial charge in [0.1, 0.15) is 5.01 Å². The van der Waals surface area contributed by atoms with Crippen molar-refractivity contribution in [3.8, 4) is 0 Å². The predicted octanol–water partition coefficient (Wildman–Crippen LogP) is 2.04.